The van der Waals surface area contributed by atoms with Crippen molar-refractivity contribution in [3.05, 3.63) is 33.0 Å². The summed E-state index contributed by atoms with van der Waals surface area (Å²) in [6.45, 7) is 4.23. The van der Waals surface area contributed by atoms with Crippen molar-refractivity contribution in [3.8, 4) is 0 Å². The third-order valence-electron chi connectivity index (χ3n) is 4.73. The fourth-order valence-corrected chi connectivity index (χ4v) is 4.62. The summed E-state index contributed by atoms with van der Waals surface area (Å²) in [5.41, 5.74) is 2.24. The maximum atomic E-state index is 12.9. The minimum atomic E-state index is 0.173. The van der Waals surface area contributed by atoms with Gasteiger partial charge in [-0.15, -0.1) is 21.5 Å². The second-order valence-electron chi connectivity index (χ2n) is 6.02. The van der Waals surface area contributed by atoms with Crippen molar-refractivity contribution >= 4 is 17.2 Å². The molecule has 6 heteroatoms. The molecule has 0 saturated carbocycles. The number of amides is 1. The zero-order chi connectivity index (χ0) is 15.1. The summed E-state index contributed by atoms with van der Waals surface area (Å²) in [6.07, 6.45) is 5.55. The van der Waals surface area contributed by atoms with Crippen molar-refractivity contribution < 1.29 is 4.79 Å². The number of fused-ring (bicyclic) bond motifs is 2. The normalized spacial score (nSPS) is 17.2. The Morgan fingerprint density at radius 2 is 2.14 bits per heavy atom. The first-order valence-corrected chi connectivity index (χ1v) is 8.95. The zero-order valence-corrected chi connectivity index (χ0v) is 13.7. The van der Waals surface area contributed by atoms with Gasteiger partial charge in [-0.1, -0.05) is 6.92 Å². The fraction of sp³-hybridized carbons (Fsp3) is 0.562. The van der Waals surface area contributed by atoms with Gasteiger partial charge >= 0.3 is 0 Å². The van der Waals surface area contributed by atoms with E-state index >= 15 is 0 Å². The minimum absolute atomic E-state index is 0.173. The van der Waals surface area contributed by atoms with E-state index in [9.17, 15) is 4.79 Å². The van der Waals surface area contributed by atoms with Gasteiger partial charge in [-0.05, 0) is 31.2 Å². The van der Waals surface area contributed by atoms with E-state index in [1.807, 2.05) is 4.90 Å². The predicted octanol–water partition coefficient (Wildman–Crippen LogP) is 2.44. The van der Waals surface area contributed by atoms with Crippen LogP contribution in [-0.4, -0.2) is 32.1 Å². The minimum Gasteiger partial charge on any atom is -0.329 e. The lowest BCUT2D eigenvalue weighted by molar-refractivity contribution is 0.0705. The number of aryl methyl sites for hydroxylation is 2. The molecular weight excluding hydrogens is 296 g/mol. The van der Waals surface area contributed by atoms with E-state index in [2.05, 4.69) is 27.1 Å². The molecular formula is C16H20N4OS. The van der Waals surface area contributed by atoms with E-state index in [0.29, 0.717) is 6.54 Å². The van der Waals surface area contributed by atoms with Crippen molar-refractivity contribution in [1.82, 2.24) is 19.7 Å². The first kappa shape index (κ1) is 13.9. The molecule has 2 aromatic rings. The van der Waals surface area contributed by atoms with Crippen LogP contribution in [0.3, 0.4) is 0 Å². The molecule has 0 fully saturated rings. The molecule has 0 N–H and O–H groups in total. The summed E-state index contributed by atoms with van der Waals surface area (Å²) in [5.74, 6) is 2.11. The molecule has 0 aromatic carbocycles. The van der Waals surface area contributed by atoms with Gasteiger partial charge in [-0.2, -0.15) is 0 Å². The molecule has 0 bridgehead atoms. The number of aromatic nitrogens is 3. The van der Waals surface area contributed by atoms with Gasteiger partial charge in [-0.3, -0.25) is 4.79 Å². The molecule has 1 aliphatic carbocycles. The van der Waals surface area contributed by atoms with Crippen molar-refractivity contribution in [3.63, 3.8) is 0 Å². The molecule has 0 spiro atoms. The van der Waals surface area contributed by atoms with E-state index in [-0.39, 0.29) is 5.91 Å². The van der Waals surface area contributed by atoms with Gasteiger partial charge < -0.3 is 9.47 Å². The Morgan fingerprint density at radius 1 is 1.27 bits per heavy atom. The molecule has 3 heterocycles. The van der Waals surface area contributed by atoms with Crippen LogP contribution in [0.2, 0.25) is 0 Å². The number of carbonyl (C=O) groups excluding carboxylic acids is 1. The van der Waals surface area contributed by atoms with E-state index in [1.54, 1.807) is 11.3 Å². The monoisotopic (exact) mass is 316 g/mol. The van der Waals surface area contributed by atoms with E-state index in [1.165, 1.54) is 23.3 Å². The van der Waals surface area contributed by atoms with Crippen LogP contribution in [-0.2, 0) is 32.4 Å². The smallest absolute Gasteiger partial charge is 0.255 e. The van der Waals surface area contributed by atoms with Crippen molar-refractivity contribution in [2.45, 2.75) is 52.1 Å². The molecule has 0 radical (unpaired) electrons. The number of rotatable bonds is 2. The van der Waals surface area contributed by atoms with Crippen LogP contribution >= 0.6 is 11.3 Å². The third-order valence-corrected chi connectivity index (χ3v) is 5.81. The van der Waals surface area contributed by atoms with E-state index < -0.39 is 0 Å². The molecule has 5 nitrogen and oxygen atoms in total. The highest BCUT2D eigenvalue weighted by molar-refractivity contribution is 7.10. The van der Waals surface area contributed by atoms with Crippen molar-refractivity contribution in [2.24, 2.45) is 0 Å². The van der Waals surface area contributed by atoms with Gasteiger partial charge in [0, 0.05) is 29.8 Å². The summed E-state index contributed by atoms with van der Waals surface area (Å²) in [4.78, 5) is 16.2. The van der Waals surface area contributed by atoms with E-state index in [4.69, 9.17) is 0 Å². The number of thiophene rings is 1. The van der Waals surface area contributed by atoms with Gasteiger partial charge in [-0.25, -0.2) is 0 Å². The van der Waals surface area contributed by atoms with Crippen LogP contribution in [0.25, 0.3) is 0 Å². The van der Waals surface area contributed by atoms with Gasteiger partial charge in [0.15, 0.2) is 5.82 Å². The lowest BCUT2D eigenvalue weighted by atomic mass is 9.95. The third kappa shape index (κ3) is 2.17. The van der Waals surface area contributed by atoms with Crippen LogP contribution in [0.15, 0.2) is 5.38 Å². The highest BCUT2D eigenvalue weighted by Gasteiger charge is 2.28. The Bertz CT molecular complexity index is 718. The zero-order valence-electron chi connectivity index (χ0n) is 12.8. The number of hydrogen-bond donors (Lipinski definition) is 0. The topological polar surface area (TPSA) is 51.0 Å². The Morgan fingerprint density at radius 3 is 3.00 bits per heavy atom. The second kappa shape index (κ2) is 5.50. The Hall–Kier alpha value is -1.69. The summed E-state index contributed by atoms with van der Waals surface area (Å²) >= 11 is 1.76. The van der Waals surface area contributed by atoms with Crippen LogP contribution < -0.4 is 0 Å². The molecule has 2 aromatic heterocycles. The fourth-order valence-electron chi connectivity index (χ4n) is 3.50. The Balaban J connectivity index is 1.58. The number of hydrogen-bond acceptors (Lipinski definition) is 4. The highest BCUT2D eigenvalue weighted by atomic mass is 32.1. The molecule has 4 rings (SSSR count). The molecule has 2 aliphatic rings. The first-order chi connectivity index (χ1) is 10.8. The molecule has 0 atom stereocenters. The van der Waals surface area contributed by atoms with Crippen molar-refractivity contribution in [1.29, 1.82) is 0 Å². The number of nitrogens with zero attached hydrogens (tertiary/aromatic N) is 4. The average molecular weight is 316 g/mol. The molecule has 22 heavy (non-hydrogen) atoms. The molecule has 116 valence electrons. The van der Waals surface area contributed by atoms with Crippen LogP contribution in [0.4, 0.5) is 0 Å². The molecule has 1 aliphatic heterocycles. The van der Waals surface area contributed by atoms with E-state index in [0.717, 1.165) is 49.6 Å². The van der Waals surface area contributed by atoms with Crippen molar-refractivity contribution in [2.75, 3.05) is 6.54 Å². The molecule has 0 saturated heterocycles. The maximum Gasteiger partial charge on any atom is 0.255 e. The van der Waals surface area contributed by atoms with Crippen LogP contribution in [0, 0.1) is 0 Å². The summed E-state index contributed by atoms with van der Waals surface area (Å²) in [6, 6.07) is 0. The molecule has 1 amide bonds. The number of carbonyl (C=O) groups is 1. The summed E-state index contributed by atoms with van der Waals surface area (Å²) in [7, 11) is 0. The summed E-state index contributed by atoms with van der Waals surface area (Å²) in [5, 5.41) is 10.5. The standard InChI is InChI=1S/C16H20N4OS/c1-2-14-17-18-15-9-19(7-8-20(14)15)16(21)12-10-22-13-6-4-3-5-11(12)13/h10H,2-9H2,1H3. The van der Waals surface area contributed by atoms with Gasteiger partial charge in [0.25, 0.3) is 5.91 Å². The SMILES string of the molecule is CCc1nnc2n1CCN(C(=O)c1csc3c1CCCC3)C2. The first-order valence-electron chi connectivity index (χ1n) is 8.07. The Kier molecular flexibility index (Phi) is 3.48. The quantitative estimate of drug-likeness (QED) is 0.855. The summed E-state index contributed by atoms with van der Waals surface area (Å²) < 4.78 is 2.16. The van der Waals surface area contributed by atoms with Gasteiger partial charge in [0.1, 0.15) is 5.82 Å². The van der Waals surface area contributed by atoms with Gasteiger partial charge in [0.2, 0.25) is 0 Å². The van der Waals surface area contributed by atoms with Gasteiger partial charge in [0.05, 0.1) is 12.1 Å². The maximum absolute atomic E-state index is 12.9. The largest absolute Gasteiger partial charge is 0.329 e. The lowest BCUT2D eigenvalue weighted by Gasteiger charge is -2.28. The Labute approximate surface area is 134 Å². The average Bonchev–Trinajstić information content (AvgIpc) is 3.17. The van der Waals surface area contributed by atoms with Crippen LogP contribution in [0.1, 0.15) is 52.2 Å². The second-order valence-corrected chi connectivity index (χ2v) is 6.99. The lowest BCUT2D eigenvalue weighted by Crippen LogP contribution is -2.39. The highest BCUT2D eigenvalue weighted by Crippen LogP contribution is 2.31. The molecule has 0 unspecified atom stereocenters. The van der Waals surface area contributed by atoms with Crippen LogP contribution in [0.5, 0.6) is 0 Å². The predicted molar refractivity (Wildman–Crippen MR) is 85.1 cm³/mol.